The van der Waals surface area contributed by atoms with E-state index in [9.17, 15) is 24.0 Å². The molecule has 0 bridgehead atoms. The van der Waals surface area contributed by atoms with E-state index in [0.717, 1.165) is 85.1 Å². The van der Waals surface area contributed by atoms with E-state index in [2.05, 4.69) is 111 Å². The highest BCUT2D eigenvalue weighted by molar-refractivity contribution is 6.22. The van der Waals surface area contributed by atoms with E-state index in [4.69, 9.17) is 23.4 Å². The molecule has 7 aliphatic heterocycles. The number of morpholine rings is 1. The number of piperidine rings is 1. The van der Waals surface area contributed by atoms with E-state index in [-0.39, 0.29) is 47.4 Å². The van der Waals surface area contributed by atoms with Gasteiger partial charge < -0.3 is 33.2 Å². The SMILES string of the molecule is CC(C)C1CCCO1.CC(C)N1C(=O)c2ccccc2C1=O.CC(C)N1C(=O)c2ccccc2C1=O.CC(C)N1CCCC1.CC(C)N1CCOCC1.CC(C)c1ccc2c(c1)OCO2.CC(C)c1ccco1.CC(C)n1c(=O)n(C)c2ccccc21.CC1CCN(C(C)C)CC1. The van der Waals surface area contributed by atoms with Crippen LogP contribution in [-0.4, -0.2) is 159 Å². The molecule has 4 aromatic carbocycles. The molecule has 13 rings (SSSR count). The van der Waals surface area contributed by atoms with Crippen LogP contribution in [0.3, 0.4) is 0 Å². The van der Waals surface area contributed by atoms with Crippen LogP contribution >= 0.6 is 0 Å². The first-order valence-corrected chi connectivity index (χ1v) is 36.0. The second-order valence-corrected chi connectivity index (χ2v) is 28.7. The molecule has 1 atom stereocenters. The molecule has 0 spiro atoms. The van der Waals surface area contributed by atoms with Gasteiger partial charge in [0.25, 0.3) is 23.6 Å². The van der Waals surface area contributed by atoms with Crippen molar-refractivity contribution < 1.29 is 42.5 Å². The van der Waals surface area contributed by atoms with Crippen molar-refractivity contribution in [3.05, 3.63) is 153 Å². The number of ether oxygens (including phenoxy) is 4. The number of hydrogen-bond acceptors (Lipinski definition) is 13. The lowest BCUT2D eigenvalue weighted by Crippen LogP contribution is -2.40. The summed E-state index contributed by atoms with van der Waals surface area (Å²) in [4.78, 5) is 69.0. The Hall–Kier alpha value is -6.89. The van der Waals surface area contributed by atoms with Gasteiger partial charge in [-0.2, -0.15) is 0 Å². The summed E-state index contributed by atoms with van der Waals surface area (Å²) < 4.78 is 29.7. The molecular formula is C80H121N7O10. The molecule has 7 aliphatic rings. The van der Waals surface area contributed by atoms with Crippen molar-refractivity contribution in [3.63, 3.8) is 0 Å². The Labute approximate surface area is 582 Å². The Morgan fingerprint density at radius 1 is 0.433 bits per heavy atom. The molecule has 17 nitrogen and oxygen atoms in total. The summed E-state index contributed by atoms with van der Waals surface area (Å²) in [5.74, 6) is 4.82. The number of carbonyl (C=O) groups is 4. The largest absolute Gasteiger partial charge is 0.469 e. The normalized spacial score (nSPS) is 17.6. The molecule has 1 unspecified atom stereocenters. The molecule has 4 amide bonds. The number of benzene rings is 4. The number of likely N-dealkylation sites (tertiary alicyclic amines) is 2. The van der Waals surface area contributed by atoms with Crippen molar-refractivity contribution in [1.29, 1.82) is 0 Å². The number of amides is 4. The number of hydrogen-bond donors (Lipinski definition) is 0. The van der Waals surface area contributed by atoms with E-state index in [1.54, 1.807) is 59.4 Å². The highest BCUT2D eigenvalue weighted by Crippen LogP contribution is 2.34. The van der Waals surface area contributed by atoms with Gasteiger partial charge in [0.2, 0.25) is 6.79 Å². The number of furan rings is 1. The zero-order chi connectivity index (χ0) is 71.6. The predicted octanol–water partition coefficient (Wildman–Crippen LogP) is 16.4. The van der Waals surface area contributed by atoms with Crippen molar-refractivity contribution in [2.75, 3.05) is 65.9 Å². The third kappa shape index (κ3) is 23.9. The first-order valence-electron chi connectivity index (χ1n) is 36.0. The molecule has 4 saturated heterocycles. The summed E-state index contributed by atoms with van der Waals surface area (Å²) in [5, 5.41) is 0. The van der Waals surface area contributed by atoms with Gasteiger partial charge in [-0.25, -0.2) is 4.79 Å². The minimum atomic E-state index is -0.180. The van der Waals surface area contributed by atoms with Crippen molar-refractivity contribution in [1.82, 2.24) is 33.6 Å². The van der Waals surface area contributed by atoms with Crippen LogP contribution < -0.4 is 15.2 Å². The summed E-state index contributed by atoms with van der Waals surface area (Å²) in [6.45, 7) is 51.0. The smallest absolute Gasteiger partial charge is 0.329 e. The lowest BCUT2D eigenvalue weighted by atomic mass is 9.98. The standard InChI is InChI=1S/C11H14N2O.2C11H11NO2.C10H12O2.C9H19N.C7H15NO.C7H15N.C7H14O.C7H10O/c1-8(2)13-10-7-5-4-6-9(10)12(3)11(13)14;2*1-7(2)12-10(13)8-5-3-4-6-9(8)11(12)14;1-7(2)8-3-4-9-10(5-8)12-6-11-9;1-8(2)10-6-4-9(3)5-7-10;1-7(2)8-3-5-9-6-4-8;1-7(2)8-5-3-4-6-8;2*1-6(2)7-4-3-5-8-7/h4-8H,1-3H3;2*3-7H,1-2H3;3-5,7H,6H2,1-2H3;8-9H,4-7H2,1-3H3;7H,3-6H2,1-2H3;7H,3-6H2,1-2H3;6-7H,3-5H2,1-2H3;3-6H,1-2H3. The number of carbonyl (C=O) groups excluding carboxylic acids is 4. The molecule has 0 saturated carbocycles. The fourth-order valence-electron chi connectivity index (χ4n) is 12.1. The summed E-state index contributed by atoms with van der Waals surface area (Å²) >= 11 is 0. The van der Waals surface area contributed by atoms with Crippen LogP contribution in [0.2, 0.25) is 0 Å². The van der Waals surface area contributed by atoms with E-state index in [1.807, 2.05) is 102 Å². The topological polar surface area (TPSA) is 161 Å². The van der Waals surface area contributed by atoms with Crippen LogP contribution in [0, 0.1) is 11.8 Å². The van der Waals surface area contributed by atoms with Crippen LogP contribution in [0.4, 0.5) is 0 Å². The van der Waals surface area contributed by atoms with Crippen molar-refractivity contribution >= 4 is 34.7 Å². The van der Waals surface area contributed by atoms with Gasteiger partial charge in [-0.15, -0.1) is 0 Å². The number of fused-ring (bicyclic) bond motifs is 4. The van der Waals surface area contributed by atoms with Crippen molar-refractivity contribution in [3.8, 4) is 11.5 Å². The Bertz CT molecular complexity index is 3200. The van der Waals surface area contributed by atoms with E-state index >= 15 is 0 Å². The Morgan fingerprint density at radius 2 is 0.887 bits per heavy atom. The lowest BCUT2D eigenvalue weighted by Gasteiger charge is -2.33. The average molecular weight is 1340 g/mol. The van der Waals surface area contributed by atoms with Crippen LogP contribution in [0.1, 0.15) is 241 Å². The summed E-state index contributed by atoms with van der Waals surface area (Å²) in [5.41, 5.74) is 5.43. The third-order valence-corrected chi connectivity index (χ3v) is 18.3. The van der Waals surface area contributed by atoms with Gasteiger partial charge >= 0.3 is 5.69 Å². The van der Waals surface area contributed by atoms with Gasteiger partial charge in [-0.05, 0) is 232 Å². The maximum Gasteiger partial charge on any atom is 0.329 e. The molecule has 0 N–H and O–H groups in total. The second-order valence-electron chi connectivity index (χ2n) is 28.7. The zero-order valence-corrected chi connectivity index (χ0v) is 62.8. The summed E-state index contributed by atoms with van der Waals surface area (Å²) in [6.07, 6.45) is 10.4. The molecule has 4 fully saturated rings. The lowest BCUT2D eigenvalue weighted by molar-refractivity contribution is 0.0237. The maximum absolute atomic E-state index is 11.9. The van der Waals surface area contributed by atoms with E-state index < -0.39 is 0 Å². The number of imidazole rings is 1. The molecular weight excluding hydrogens is 1220 g/mol. The maximum atomic E-state index is 11.9. The molecule has 97 heavy (non-hydrogen) atoms. The highest BCUT2D eigenvalue weighted by Gasteiger charge is 2.38. The van der Waals surface area contributed by atoms with Crippen LogP contribution in [0.5, 0.6) is 11.5 Å². The predicted molar refractivity (Wildman–Crippen MR) is 394 cm³/mol. The second kappa shape index (κ2) is 40.2. The van der Waals surface area contributed by atoms with Gasteiger partial charge in [-0.1, -0.05) is 90.9 Å². The minimum Gasteiger partial charge on any atom is -0.469 e. The highest BCUT2D eigenvalue weighted by atomic mass is 16.7. The molecule has 2 aromatic heterocycles. The van der Waals surface area contributed by atoms with Crippen LogP contribution in [0.25, 0.3) is 11.0 Å². The first kappa shape index (κ1) is 80.8. The average Bonchev–Trinajstić information content (AvgIpc) is 1.65. The van der Waals surface area contributed by atoms with Gasteiger partial charge in [0.05, 0.1) is 58.9 Å². The summed E-state index contributed by atoms with van der Waals surface area (Å²) in [6, 6.07) is 34.0. The number of aromatic nitrogens is 2. The molecule has 9 heterocycles. The summed E-state index contributed by atoms with van der Waals surface area (Å²) in [7, 11) is 1.81. The quantitative estimate of drug-likeness (QED) is 0.126. The first-order chi connectivity index (χ1) is 46.1. The van der Waals surface area contributed by atoms with Crippen molar-refractivity contribution in [2.24, 2.45) is 18.9 Å². The van der Waals surface area contributed by atoms with Crippen LogP contribution in [-0.2, 0) is 16.5 Å². The Morgan fingerprint density at radius 3 is 1.25 bits per heavy atom. The molecule has 536 valence electrons. The van der Waals surface area contributed by atoms with Crippen LogP contribution in [0.15, 0.2) is 119 Å². The van der Waals surface area contributed by atoms with Crippen molar-refractivity contribution in [2.45, 2.75) is 224 Å². The number of nitrogens with zero attached hydrogens (tertiary/aromatic N) is 7. The Balaban J connectivity index is 0.000000199. The number of aryl methyl sites for hydroxylation is 1. The fraction of sp³-hybridized carbons (Fsp3) is 0.588. The Kier molecular flexibility index (Phi) is 33.5. The van der Waals surface area contributed by atoms with Gasteiger partial charge in [-0.3, -0.25) is 43.0 Å². The zero-order valence-electron chi connectivity index (χ0n) is 62.8. The van der Waals surface area contributed by atoms with Gasteiger partial charge in [0.15, 0.2) is 11.5 Å². The molecule has 0 aliphatic carbocycles. The third-order valence-electron chi connectivity index (χ3n) is 18.3. The molecule has 6 aromatic rings. The number of imide groups is 2. The fourth-order valence-corrected chi connectivity index (χ4v) is 12.1. The van der Waals surface area contributed by atoms with E-state index in [0.29, 0.717) is 53.0 Å². The molecule has 17 heteroatoms. The monoisotopic (exact) mass is 1340 g/mol. The van der Waals surface area contributed by atoms with Gasteiger partial charge in [0, 0.05) is 68.9 Å². The molecule has 0 radical (unpaired) electrons. The van der Waals surface area contributed by atoms with Gasteiger partial charge in [0.1, 0.15) is 5.76 Å². The minimum absolute atomic E-state index is 0.0567. The number of para-hydroxylation sites is 2. The number of rotatable bonds is 9. The van der Waals surface area contributed by atoms with E-state index in [1.165, 1.54) is 80.1 Å².